The molecule has 170 valence electrons. The van der Waals surface area contributed by atoms with Gasteiger partial charge in [0.1, 0.15) is 17.7 Å². The Balaban J connectivity index is 1.81. The molecule has 1 N–H and O–H groups in total. The monoisotopic (exact) mass is 469 g/mol. The van der Waals surface area contributed by atoms with Crippen LogP contribution in [0.3, 0.4) is 0 Å². The first-order valence-electron chi connectivity index (χ1n) is 10.4. The number of aryl methyl sites for hydroxylation is 2. The highest BCUT2D eigenvalue weighted by atomic mass is 27.0. The van der Waals surface area contributed by atoms with Crippen molar-refractivity contribution < 1.29 is 23.4 Å². The molecule has 1 aliphatic carbocycles. The Morgan fingerprint density at radius 3 is 2.64 bits per heavy atom. The van der Waals surface area contributed by atoms with Gasteiger partial charge in [0.2, 0.25) is 0 Å². The molecule has 0 unspecified atom stereocenters. The van der Waals surface area contributed by atoms with Gasteiger partial charge in [-0.15, -0.1) is 4.43 Å². The van der Waals surface area contributed by atoms with Gasteiger partial charge in [0.05, 0.1) is 17.1 Å². The summed E-state index contributed by atoms with van der Waals surface area (Å²) in [6.45, 7) is 1.71. The molecule has 1 fully saturated rings. The van der Waals surface area contributed by atoms with Gasteiger partial charge < -0.3 is 19.3 Å². The van der Waals surface area contributed by atoms with E-state index in [1.165, 1.54) is 16.8 Å². The molecule has 0 atom stereocenters. The summed E-state index contributed by atoms with van der Waals surface area (Å²) < 4.78 is 34.8. The fourth-order valence-electron chi connectivity index (χ4n) is 4.04. The Morgan fingerprint density at radius 1 is 1.30 bits per heavy atom. The van der Waals surface area contributed by atoms with Crippen LogP contribution in [-0.2, 0) is 11.8 Å². The number of carbonyl (C=O) groups is 1. The highest BCUT2D eigenvalue weighted by Crippen LogP contribution is 2.38. The SMILES string of the molecule is Cc1cc2c(N(C)c3cc(C(F)F)[c]([Al])cn3)cc(OC3CC(C(=O)O)C3)cc2n(C)c1=O. The van der Waals surface area contributed by atoms with Crippen LogP contribution >= 0.6 is 0 Å². The van der Waals surface area contributed by atoms with Gasteiger partial charge in [-0.1, -0.05) is 0 Å². The van der Waals surface area contributed by atoms with Crippen LogP contribution in [0.1, 0.15) is 30.4 Å². The zero-order valence-electron chi connectivity index (χ0n) is 18.4. The highest BCUT2D eigenvalue weighted by Gasteiger charge is 2.36. The second-order valence-electron chi connectivity index (χ2n) is 8.34. The number of alkyl halides is 2. The molecule has 2 heterocycles. The Morgan fingerprint density at radius 2 is 2.00 bits per heavy atom. The van der Waals surface area contributed by atoms with Crippen LogP contribution in [0.5, 0.6) is 5.75 Å². The van der Waals surface area contributed by atoms with Crippen LogP contribution in [0.4, 0.5) is 20.3 Å². The first kappa shape index (κ1) is 23.2. The summed E-state index contributed by atoms with van der Waals surface area (Å²) in [4.78, 5) is 29.6. The van der Waals surface area contributed by atoms with Gasteiger partial charge >= 0.3 is 5.97 Å². The molecule has 0 aliphatic heterocycles. The number of rotatable bonds is 6. The molecule has 1 saturated carbocycles. The Kier molecular flexibility index (Phi) is 6.17. The number of benzene rings is 1. The minimum absolute atomic E-state index is 0.133. The molecule has 0 bridgehead atoms. The second-order valence-corrected chi connectivity index (χ2v) is 8.97. The van der Waals surface area contributed by atoms with Crippen molar-refractivity contribution in [2.24, 2.45) is 13.0 Å². The van der Waals surface area contributed by atoms with E-state index in [1.54, 1.807) is 44.1 Å². The van der Waals surface area contributed by atoms with E-state index in [9.17, 15) is 18.4 Å². The summed E-state index contributed by atoms with van der Waals surface area (Å²) in [7, 11) is 3.37. The molecule has 33 heavy (non-hydrogen) atoms. The molecule has 0 saturated heterocycles. The van der Waals surface area contributed by atoms with Crippen molar-refractivity contribution >= 4 is 49.1 Å². The lowest BCUT2D eigenvalue weighted by molar-refractivity contribution is -0.147. The summed E-state index contributed by atoms with van der Waals surface area (Å²) in [6, 6.07) is 6.60. The van der Waals surface area contributed by atoms with Crippen molar-refractivity contribution in [1.82, 2.24) is 9.55 Å². The van der Waals surface area contributed by atoms with Crippen molar-refractivity contribution in [1.29, 1.82) is 0 Å². The first-order valence-corrected chi connectivity index (χ1v) is 11.0. The predicted octanol–water partition coefficient (Wildman–Crippen LogP) is 2.98. The molecule has 2 aromatic heterocycles. The lowest BCUT2D eigenvalue weighted by atomic mass is 9.82. The number of carboxylic acid groups (broad SMARTS) is 1. The number of fused-ring (bicyclic) bond motifs is 1. The molecule has 3 aromatic rings. The lowest BCUT2D eigenvalue weighted by Crippen LogP contribution is -2.38. The average molecular weight is 469 g/mol. The first-order chi connectivity index (χ1) is 15.6. The van der Waals surface area contributed by atoms with Crippen LogP contribution in [0.2, 0.25) is 0 Å². The molecule has 10 heteroatoms. The number of pyridine rings is 2. The van der Waals surface area contributed by atoms with E-state index in [4.69, 9.17) is 9.84 Å². The normalized spacial score (nSPS) is 17.8. The van der Waals surface area contributed by atoms with Crippen molar-refractivity contribution in [2.45, 2.75) is 32.3 Å². The quantitative estimate of drug-likeness (QED) is 0.559. The van der Waals surface area contributed by atoms with Gasteiger partial charge in [-0.3, -0.25) is 9.59 Å². The summed E-state index contributed by atoms with van der Waals surface area (Å²) in [5.74, 6) is -0.484. The molecule has 4 rings (SSSR count). The molecular formula is C23H22AlF2N3O4. The number of carboxylic acids is 1. The Hall–Kier alpha value is -2.96. The fraction of sp³-hybridized carbons (Fsp3) is 0.348. The molecule has 7 nitrogen and oxygen atoms in total. The van der Waals surface area contributed by atoms with Gasteiger partial charge in [0, 0.05) is 48.9 Å². The maximum Gasteiger partial charge on any atom is 0.306 e. The van der Waals surface area contributed by atoms with Gasteiger partial charge in [0.25, 0.3) is 12.0 Å². The second kappa shape index (κ2) is 8.77. The van der Waals surface area contributed by atoms with Gasteiger partial charge in [-0.05, 0) is 31.9 Å². The van der Waals surface area contributed by atoms with E-state index >= 15 is 0 Å². The number of nitrogens with zero attached hydrogens (tertiary/aromatic N) is 3. The van der Waals surface area contributed by atoms with Crippen molar-refractivity contribution in [3.05, 3.63) is 51.9 Å². The fourth-order valence-corrected chi connectivity index (χ4v) is 4.33. The summed E-state index contributed by atoms with van der Waals surface area (Å²) in [6.07, 6.45) is -0.713. The zero-order valence-corrected chi connectivity index (χ0v) is 19.5. The number of ether oxygens (including phenoxy) is 1. The maximum absolute atomic E-state index is 13.5. The Labute approximate surface area is 197 Å². The largest absolute Gasteiger partial charge is 0.490 e. The Bertz CT molecular complexity index is 1310. The van der Waals surface area contributed by atoms with Crippen molar-refractivity contribution in [3.8, 4) is 5.75 Å². The third-order valence-corrected chi connectivity index (χ3v) is 6.60. The topological polar surface area (TPSA) is 84.7 Å². The zero-order chi connectivity index (χ0) is 24.0. The van der Waals surface area contributed by atoms with E-state index in [-0.39, 0.29) is 17.2 Å². The third kappa shape index (κ3) is 4.33. The summed E-state index contributed by atoms with van der Waals surface area (Å²) in [5, 5.41) is 9.85. The smallest absolute Gasteiger partial charge is 0.306 e. The number of anilines is 2. The van der Waals surface area contributed by atoms with Crippen molar-refractivity contribution in [3.63, 3.8) is 0 Å². The highest BCUT2D eigenvalue weighted by molar-refractivity contribution is 6.33. The molecule has 0 amide bonds. The third-order valence-electron chi connectivity index (χ3n) is 6.11. The van der Waals surface area contributed by atoms with E-state index in [1.807, 2.05) is 0 Å². The minimum atomic E-state index is -2.65. The average Bonchev–Trinajstić information content (AvgIpc) is 2.73. The standard InChI is InChI=1S/C23H22F2N3O4.Al/c1-12-6-17-18(27(2)20-9-13(21(24)25)4-5-26-20)10-16(11-19(17)28(3)22(12)29)32-15-7-14(8-15)23(30)31;/h5-6,9-11,14-15,21H,7-8H2,1-3H3,(H,30,31);. The van der Waals surface area contributed by atoms with E-state index in [0.717, 1.165) is 5.39 Å². The van der Waals surface area contributed by atoms with Crippen LogP contribution < -0.4 is 19.6 Å². The summed E-state index contributed by atoms with van der Waals surface area (Å²) in [5.41, 5.74) is 1.48. The number of aliphatic carboxylic acids is 1. The number of hydrogen-bond acceptors (Lipinski definition) is 5. The lowest BCUT2D eigenvalue weighted by Gasteiger charge is -2.33. The molecule has 2 radical (unpaired) electrons. The van der Waals surface area contributed by atoms with E-state index in [2.05, 4.69) is 21.3 Å². The van der Waals surface area contributed by atoms with E-state index in [0.29, 0.717) is 45.6 Å². The molecular weight excluding hydrogens is 447 g/mol. The number of halogens is 2. The minimum Gasteiger partial charge on any atom is -0.490 e. The van der Waals surface area contributed by atoms with Crippen LogP contribution in [-0.4, -0.2) is 50.1 Å². The van der Waals surface area contributed by atoms with Gasteiger partial charge in [-0.25, -0.2) is 13.8 Å². The molecule has 1 aliphatic rings. The molecule has 0 spiro atoms. The van der Waals surface area contributed by atoms with Crippen LogP contribution in [0.15, 0.2) is 35.3 Å². The van der Waals surface area contributed by atoms with Crippen LogP contribution in [0, 0.1) is 12.8 Å². The number of aromatic nitrogens is 2. The summed E-state index contributed by atoms with van der Waals surface area (Å²) >= 11 is 2.26. The maximum atomic E-state index is 13.5. The van der Waals surface area contributed by atoms with Gasteiger partial charge in [0.15, 0.2) is 16.3 Å². The van der Waals surface area contributed by atoms with Gasteiger partial charge in [-0.2, -0.15) is 0 Å². The van der Waals surface area contributed by atoms with Crippen molar-refractivity contribution in [2.75, 3.05) is 11.9 Å². The number of hydrogen-bond donors (Lipinski definition) is 1. The van der Waals surface area contributed by atoms with Crippen LogP contribution in [0.25, 0.3) is 10.9 Å². The van der Waals surface area contributed by atoms with E-state index < -0.39 is 18.3 Å². The molecule has 1 aromatic carbocycles. The predicted molar refractivity (Wildman–Crippen MR) is 121 cm³/mol.